The third-order valence-corrected chi connectivity index (χ3v) is 18.3. The van der Waals surface area contributed by atoms with Gasteiger partial charge < -0.3 is 82.3 Å². The molecule has 29 nitrogen and oxygen atoms in total. The molecule has 3 aromatic heterocycles. The molecular weight excluding hydrogens is 1530 g/mol. The molecule has 3 atom stereocenters. The molecule has 5 N–H and O–H groups in total. The van der Waals surface area contributed by atoms with E-state index < -0.39 is 87.5 Å². The van der Waals surface area contributed by atoms with Crippen molar-refractivity contribution in [1.29, 1.82) is 0 Å². The zero-order chi connectivity index (χ0) is 77.2. The first-order valence-corrected chi connectivity index (χ1v) is 34.1. The monoisotopic (exact) mass is 1610 g/mol. The molecule has 110 heavy (non-hydrogen) atoms. The minimum absolute atomic E-state index is 0. The Morgan fingerprint density at radius 2 is 0.809 bits per heavy atom. The number of ether oxygens (including phenoxy) is 3. The van der Waals surface area contributed by atoms with Gasteiger partial charge in [-0.1, -0.05) is 97.1 Å². The Morgan fingerprint density at radius 3 is 1.17 bits per heavy atom. The first-order valence-electron chi connectivity index (χ1n) is 34.1. The normalized spacial score (nSPS) is 15.9. The van der Waals surface area contributed by atoms with E-state index in [1.807, 2.05) is 60.7 Å². The van der Waals surface area contributed by atoms with E-state index in [1.54, 1.807) is 31.4 Å². The zero-order valence-corrected chi connectivity index (χ0v) is 61.6. The summed E-state index contributed by atoms with van der Waals surface area (Å²) in [4.78, 5) is 169. The van der Waals surface area contributed by atoms with E-state index in [4.69, 9.17) is 9.47 Å². The Morgan fingerprint density at radius 1 is 0.464 bits per heavy atom. The Kier molecular flexibility index (Phi) is 26.8. The molecule has 3 fully saturated rings. The van der Waals surface area contributed by atoms with Crippen molar-refractivity contribution in [3.8, 4) is 17.2 Å². The first-order chi connectivity index (χ1) is 51.7. The number of hydrogen-bond acceptors (Lipinski definition) is 18. The van der Waals surface area contributed by atoms with Crippen molar-refractivity contribution in [3.05, 3.63) is 269 Å². The van der Waals surface area contributed by atoms with Gasteiger partial charge in [-0.25, -0.2) is 13.2 Å². The van der Waals surface area contributed by atoms with E-state index in [9.17, 15) is 80.6 Å². The molecule has 0 bridgehead atoms. The van der Waals surface area contributed by atoms with Crippen molar-refractivity contribution in [2.24, 2.45) is 0 Å². The Bertz CT molecular complexity index is 5030. The maximum atomic E-state index is 13.5. The van der Waals surface area contributed by atoms with Gasteiger partial charge in [-0.05, 0) is 64.2 Å². The number of esters is 2. The number of aromatic nitrogens is 3. The molecule has 3 unspecified atom stereocenters. The van der Waals surface area contributed by atoms with E-state index in [0.717, 1.165) is 11.1 Å². The summed E-state index contributed by atoms with van der Waals surface area (Å²) in [5.41, 5.74) is 0.663. The molecular formula is C77H79F3N12O17Pd-2. The molecule has 582 valence electrons. The molecule has 3 saturated heterocycles. The summed E-state index contributed by atoms with van der Waals surface area (Å²) in [6.45, 7) is 8.86. The molecule has 0 spiro atoms. The number of rotatable bonds is 15. The smallest absolute Gasteiger partial charge is 0.310 e. The van der Waals surface area contributed by atoms with Crippen molar-refractivity contribution in [2.45, 2.75) is 98.7 Å². The number of nitrogens with one attached hydrogen (secondary N) is 4. The summed E-state index contributed by atoms with van der Waals surface area (Å²) in [6.07, 6.45) is 2.72. The molecule has 8 amide bonds. The number of aromatic hydroxyl groups is 1. The molecule has 9 heterocycles. The maximum Gasteiger partial charge on any atom is 0.310 e. The number of fused-ring (bicyclic) bond motifs is 6. The van der Waals surface area contributed by atoms with Crippen LogP contribution in [0.25, 0.3) is 0 Å². The van der Waals surface area contributed by atoms with Crippen LogP contribution in [0.5, 0.6) is 17.2 Å². The standard InChI is InChI=1S/C27H25FN4O5.C25H23FN4O4.C20H19FN4O5.C4H6O3.CH3.Pd.H2.H/c1-17(33)31-11-12-32-22(31)15-30-14-21(26(35)29-13-18-7-9-20(28)10-8-18)24(34)25(23(30)27(32)36)37-16-19-5-3-2-4-6-19;26-18-8-6-16(7-9-18)12-28-24(32)19-13-29-14-20-27-10-11-30(20)25(33)21(29)23(22(19)31)34-15-17-4-2-1-3-5-17;1-11(26)24-6-7-25-15(24)10-23-9-14(17(27)18(28)16(23)20(25)30)19(29)22-8-12-2-4-13(21)5-3-12;1-3(5)7-4(2)6;;;;/h2-10,14,22H,11-13,15-16H2,1H3,(H,29,35);1-9,13,20,27H,10-12,14-15H2,(H,28,32);2-5,9,15,28H,6-8,10H2,1H3,(H,22,29);1-2H3;1H3;;1H;/q;;;;-1;;;-1. The van der Waals surface area contributed by atoms with Crippen LogP contribution in [0.15, 0.2) is 166 Å². The van der Waals surface area contributed by atoms with Crippen LogP contribution < -0.4 is 47.0 Å². The van der Waals surface area contributed by atoms with E-state index in [0.29, 0.717) is 62.5 Å². The molecule has 14 rings (SSSR count). The second-order valence-electron chi connectivity index (χ2n) is 25.5. The second-order valence-corrected chi connectivity index (χ2v) is 25.5. The number of hydrogen-bond donors (Lipinski definition) is 5. The van der Waals surface area contributed by atoms with Gasteiger partial charge in [-0.2, -0.15) is 0 Å². The number of carbonyl (C=O) groups is 10. The minimum atomic E-state index is -0.952. The van der Waals surface area contributed by atoms with Crippen LogP contribution in [0.2, 0.25) is 0 Å². The van der Waals surface area contributed by atoms with Gasteiger partial charge >= 0.3 is 11.9 Å². The van der Waals surface area contributed by atoms with E-state index in [1.165, 1.54) is 126 Å². The SMILES string of the molecule is CC(=O)N1CCN2C(=O)c3c(O)c(=O)c(C(=O)NCc4ccc(F)cc4)cn3CC12.CC(=O)N1CCN2C(=O)c3c(OCc4ccccc4)c(=O)c(C(=O)NCc4ccc(F)cc4)cn3CC12.CC(=O)OC(C)=O.O=C(NCc1ccc(F)cc1)c1cn2c(c(OCc3ccccc3)c1=O)C(=O)N1CCNC1C2.[CH3-].[H-].[HH].[Pd]. The number of benzene rings is 5. The molecule has 0 aliphatic carbocycles. The quantitative estimate of drug-likeness (QED) is 0.0381. The Hall–Kier alpha value is -12.3. The predicted octanol–water partition coefficient (Wildman–Crippen LogP) is 5.19. The van der Waals surface area contributed by atoms with Gasteiger partial charge in [0.25, 0.3) is 35.4 Å². The van der Waals surface area contributed by atoms with E-state index in [2.05, 4.69) is 26.0 Å². The van der Waals surface area contributed by atoms with Gasteiger partial charge in [0.1, 0.15) is 65.9 Å². The number of pyridine rings is 3. The summed E-state index contributed by atoms with van der Waals surface area (Å²) in [7, 11) is 0. The van der Waals surface area contributed by atoms with Crippen molar-refractivity contribution in [1.82, 2.24) is 59.5 Å². The van der Waals surface area contributed by atoms with E-state index >= 15 is 0 Å². The van der Waals surface area contributed by atoms with Crippen molar-refractivity contribution >= 4 is 59.2 Å². The molecule has 5 aromatic carbocycles. The van der Waals surface area contributed by atoms with Crippen LogP contribution in [-0.4, -0.2) is 160 Å². The Labute approximate surface area is 643 Å². The van der Waals surface area contributed by atoms with Crippen LogP contribution in [-0.2, 0) is 96.8 Å². The van der Waals surface area contributed by atoms with Crippen molar-refractivity contribution in [2.75, 3.05) is 39.3 Å². The van der Waals surface area contributed by atoms with Crippen LogP contribution in [0.4, 0.5) is 13.2 Å². The van der Waals surface area contributed by atoms with Gasteiger partial charge in [0.2, 0.25) is 28.1 Å². The first kappa shape index (κ1) is 81.7. The molecule has 6 aliphatic heterocycles. The van der Waals surface area contributed by atoms with Gasteiger partial charge in [0, 0.05) is 127 Å². The van der Waals surface area contributed by atoms with Crippen LogP contribution >= 0.6 is 0 Å². The van der Waals surface area contributed by atoms with Gasteiger partial charge in [-0.15, -0.1) is 0 Å². The minimum Gasteiger partial charge on any atom is -1.00 e. The number of nitrogens with zero attached hydrogens (tertiary/aromatic N) is 8. The van der Waals surface area contributed by atoms with Crippen LogP contribution in [0, 0.1) is 24.9 Å². The third-order valence-electron chi connectivity index (χ3n) is 18.3. The van der Waals surface area contributed by atoms with Gasteiger partial charge in [-0.3, -0.25) is 67.6 Å². The number of carbonyl (C=O) groups excluding carboxylic acids is 10. The fraction of sp³-hybridized carbons (Fsp3) is 0.273. The molecule has 0 radical (unpaired) electrons. The fourth-order valence-electron chi connectivity index (χ4n) is 13.0. The summed E-state index contributed by atoms with van der Waals surface area (Å²) < 4.78 is 59.6. The van der Waals surface area contributed by atoms with Gasteiger partial charge in [0.15, 0.2) is 34.3 Å². The van der Waals surface area contributed by atoms with Gasteiger partial charge in [0.05, 0.1) is 19.6 Å². The van der Waals surface area contributed by atoms with Crippen LogP contribution in [0.3, 0.4) is 0 Å². The zero-order valence-electron chi connectivity index (χ0n) is 61.1. The molecule has 8 aromatic rings. The summed E-state index contributed by atoms with van der Waals surface area (Å²) >= 11 is 0. The van der Waals surface area contributed by atoms with Crippen molar-refractivity contribution < 1.29 is 104 Å². The maximum absolute atomic E-state index is 13.5. The topological polar surface area (TPSA) is 349 Å². The largest absolute Gasteiger partial charge is 1.00 e. The fourth-order valence-corrected chi connectivity index (χ4v) is 13.0. The van der Waals surface area contributed by atoms with Crippen molar-refractivity contribution in [3.63, 3.8) is 0 Å². The second kappa shape index (κ2) is 36.0. The van der Waals surface area contributed by atoms with E-state index in [-0.39, 0.29) is 152 Å². The molecule has 0 saturated carbocycles. The number of amides is 8. The number of halogens is 3. The summed E-state index contributed by atoms with van der Waals surface area (Å²) in [5.74, 6) is -7.08. The molecule has 33 heteroatoms. The summed E-state index contributed by atoms with van der Waals surface area (Å²) in [5, 5.41) is 21.6. The Balaban J connectivity index is 0.000000220. The average molecular weight is 1610 g/mol. The molecule has 6 aliphatic rings. The summed E-state index contributed by atoms with van der Waals surface area (Å²) in [6, 6.07) is 35.3. The predicted molar refractivity (Wildman–Crippen MR) is 387 cm³/mol. The third kappa shape index (κ3) is 18.6. The van der Waals surface area contributed by atoms with Crippen LogP contribution in [0.1, 0.15) is 121 Å². The average Bonchev–Trinajstić information content (AvgIpc) is 1.42.